The van der Waals surface area contributed by atoms with Gasteiger partial charge in [0.2, 0.25) is 0 Å². The number of hydrogen-bond acceptors (Lipinski definition) is 4. The van der Waals surface area contributed by atoms with E-state index in [4.69, 9.17) is 0 Å². The molecule has 0 saturated heterocycles. The van der Waals surface area contributed by atoms with E-state index in [0.29, 0.717) is 19.4 Å². The quantitative estimate of drug-likeness (QED) is 0.791. The standard InChI is InChI=1S/C13H19N3O3S/c1-8-6-14-10(20-8)7-15-12(19)16-9-4-3-5-13(9,2)11(17)18/h6,9H,3-5,7H2,1-2H3,(H,17,18)(H2,15,16,19). The minimum absolute atomic E-state index is 0.321. The third-order valence-electron chi connectivity index (χ3n) is 3.82. The highest BCUT2D eigenvalue weighted by atomic mass is 32.1. The zero-order chi connectivity index (χ0) is 14.8. The number of amides is 2. The predicted molar refractivity (Wildman–Crippen MR) is 75.6 cm³/mol. The molecule has 2 rings (SSSR count). The van der Waals surface area contributed by atoms with Crippen molar-refractivity contribution in [2.24, 2.45) is 5.41 Å². The van der Waals surface area contributed by atoms with Gasteiger partial charge in [0.1, 0.15) is 5.01 Å². The van der Waals surface area contributed by atoms with Crippen molar-refractivity contribution in [1.29, 1.82) is 0 Å². The summed E-state index contributed by atoms with van der Waals surface area (Å²) < 4.78 is 0. The Kier molecular flexibility index (Phi) is 4.27. The molecule has 110 valence electrons. The third-order valence-corrected chi connectivity index (χ3v) is 4.73. The van der Waals surface area contributed by atoms with E-state index in [2.05, 4.69) is 15.6 Å². The van der Waals surface area contributed by atoms with E-state index in [-0.39, 0.29) is 12.1 Å². The van der Waals surface area contributed by atoms with Gasteiger partial charge in [0, 0.05) is 17.1 Å². The molecule has 1 heterocycles. The van der Waals surface area contributed by atoms with E-state index in [1.54, 1.807) is 13.1 Å². The second kappa shape index (κ2) is 5.78. The van der Waals surface area contributed by atoms with Crippen LogP contribution in [0.4, 0.5) is 4.79 Å². The molecule has 7 heteroatoms. The average Bonchev–Trinajstić information content (AvgIpc) is 2.95. The third kappa shape index (κ3) is 3.09. The summed E-state index contributed by atoms with van der Waals surface area (Å²) >= 11 is 1.53. The minimum Gasteiger partial charge on any atom is -0.481 e. The van der Waals surface area contributed by atoms with Crippen LogP contribution in [0.3, 0.4) is 0 Å². The highest BCUT2D eigenvalue weighted by Gasteiger charge is 2.45. The van der Waals surface area contributed by atoms with Gasteiger partial charge < -0.3 is 15.7 Å². The summed E-state index contributed by atoms with van der Waals surface area (Å²) in [6, 6.07) is -0.657. The number of hydrogen-bond donors (Lipinski definition) is 3. The number of carbonyl (C=O) groups is 2. The largest absolute Gasteiger partial charge is 0.481 e. The van der Waals surface area contributed by atoms with Crippen molar-refractivity contribution in [2.45, 2.75) is 45.7 Å². The maximum Gasteiger partial charge on any atom is 0.315 e. The number of nitrogens with zero attached hydrogens (tertiary/aromatic N) is 1. The highest BCUT2D eigenvalue weighted by molar-refractivity contribution is 7.11. The molecule has 6 nitrogen and oxygen atoms in total. The van der Waals surface area contributed by atoms with Crippen LogP contribution in [-0.2, 0) is 11.3 Å². The van der Waals surface area contributed by atoms with Gasteiger partial charge in [0.25, 0.3) is 0 Å². The normalized spacial score (nSPS) is 25.4. The van der Waals surface area contributed by atoms with E-state index in [1.807, 2.05) is 6.92 Å². The first-order valence-electron chi connectivity index (χ1n) is 6.61. The Bertz CT molecular complexity index is 517. The van der Waals surface area contributed by atoms with Crippen LogP contribution in [0.25, 0.3) is 0 Å². The number of carbonyl (C=O) groups excluding carboxylic acids is 1. The Morgan fingerprint density at radius 1 is 1.60 bits per heavy atom. The zero-order valence-electron chi connectivity index (χ0n) is 11.6. The minimum atomic E-state index is -0.866. The summed E-state index contributed by atoms with van der Waals surface area (Å²) in [6.07, 6.45) is 3.88. The van der Waals surface area contributed by atoms with E-state index in [9.17, 15) is 14.7 Å². The van der Waals surface area contributed by atoms with Gasteiger partial charge in [-0.2, -0.15) is 0 Å². The van der Waals surface area contributed by atoms with Crippen LogP contribution in [0, 0.1) is 12.3 Å². The van der Waals surface area contributed by atoms with E-state index in [1.165, 1.54) is 11.3 Å². The van der Waals surface area contributed by atoms with E-state index >= 15 is 0 Å². The smallest absolute Gasteiger partial charge is 0.315 e. The molecule has 1 saturated carbocycles. The highest BCUT2D eigenvalue weighted by Crippen LogP contribution is 2.38. The van der Waals surface area contributed by atoms with Gasteiger partial charge in [0.15, 0.2) is 0 Å². The summed E-state index contributed by atoms with van der Waals surface area (Å²) in [7, 11) is 0. The number of urea groups is 1. The second-order valence-corrected chi connectivity index (χ2v) is 6.68. The van der Waals surface area contributed by atoms with Crippen LogP contribution >= 0.6 is 11.3 Å². The van der Waals surface area contributed by atoms with Gasteiger partial charge in [-0.25, -0.2) is 9.78 Å². The molecule has 20 heavy (non-hydrogen) atoms. The van der Waals surface area contributed by atoms with Crippen molar-refractivity contribution in [2.75, 3.05) is 0 Å². The first kappa shape index (κ1) is 14.8. The van der Waals surface area contributed by atoms with Crippen LogP contribution in [0.5, 0.6) is 0 Å². The molecule has 1 aromatic rings. The van der Waals surface area contributed by atoms with Crippen molar-refractivity contribution in [1.82, 2.24) is 15.6 Å². The molecule has 0 spiro atoms. The van der Waals surface area contributed by atoms with E-state index in [0.717, 1.165) is 16.3 Å². The number of rotatable bonds is 4. The fourth-order valence-electron chi connectivity index (χ4n) is 2.50. The van der Waals surface area contributed by atoms with Crippen molar-refractivity contribution in [3.63, 3.8) is 0 Å². The first-order valence-corrected chi connectivity index (χ1v) is 7.42. The molecule has 1 aromatic heterocycles. The SMILES string of the molecule is Cc1cnc(CNC(=O)NC2CCCC2(C)C(=O)O)s1. The Balaban J connectivity index is 1.86. The van der Waals surface area contributed by atoms with E-state index < -0.39 is 11.4 Å². The number of aliphatic carboxylic acids is 1. The van der Waals surface area contributed by atoms with Gasteiger partial charge in [-0.05, 0) is 26.7 Å². The number of carboxylic acids is 1. The summed E-state index contributed by atoms with van der Waals surface area (Å²) in [6.45, 7) is 4.01. The molecule has 2 atom stereocenters. The van der Waals surface area contributed by atoms with Gasteiger partial charge in [0.05, 0.1) is 12.0 Å². The second-order valence-electron chi connectivity index (χ2n) is 5.36. The fourth-order valence-corrected chi connectivity index (χ4v) is 3.23. The fraction of sp³-hybridized carbons (Fsp3) is 0.615. The summed E-state index contributed by atoms with van der Waals surface area (Å²) in [5.74, 6) is -0.851. The molecule has 0 bridgehead atoms. The van der Waals surface area contributed by atoms with Crippen LogP contribution in [-0.4, -0.2) is 28.1 Å². The number of thiazole rings is 1. The average molecular weight is 297 g/mol. The van der Waals surface area contributed by atoms with Gasteiger partial charge in [-0.1, -0.05) is 6.42 Å². The van der Waals surface area contributed by atoms with Crippen LogP contribution < -0.4 is 10.6 Å². The molecule has 0 aromatic carbocycles. The molecule has 2 amide bonds. The maximum atomic E-state index is 11.9. The van der Waals surface area contributed by atoms with Crippen molar-refractivity contribution in [3.8, 4) is 0 Å². The van der Waals surface area contributed by atoms with Gasteiger partial charge in [-0.15, -0.1) is 11.3 Å². The summed E-state index contributed by atoms with van der Waals surface area (Å²) in [4.78, 5) is 28.4. The number of carboxylic acid groups (broad SMARTS) is 1. The van der Waals surface area contributed by atoms with Crippen LogP contribution in [0.15, 0.2) is 6.20 Å². The summed E-state index contributed by atoms with van der Waals surface area (Å²) in [5, 5.41) is 15.6. The Labute approximate surface area is 121 Å². The molecular formula is C13H19N3O3S. The Morgan fingerprint density at radius 3 is 2.95 bits per heavy atom. The van der Waals surface area contributed by atoms with Crippen molar-refractivity contribution in [3.05, 3.63) is 16.1 Å². The zero-order valence-corrected chi connectivity index (χ0v) is 12.4. The Hall–Kier alpha value is -1.63. The molecule has 2 unspecified atom stereocenters. The topological polar surface area (TPSA) is 91.3 Å². The van der Waals surface area contributed by atoms with Gasteiger partial charge in [-0.3, -0.25) is 4.79 Å². The monoisotopic (exact) mass is 297 g/mol. The lowest BCUT2D eigenvalue weighted by Gasteiger charge is -2.27. The molecule has 1 aliphatic carbocycles. The number of aryl methyl sites for hydroxylation is 1. The number of nitrogens with one attached hydrogen (secondary N) is 2. The maximum absolute atomic E-state index is 11.9. The lowest BCUT2D eigenvalue weighted by atomic mass is 9.85. The summed E-state index contributed by atoms with van der Waals surface area (Å²) in [5.41, 5.74) is -0.866. The van der Waals surface area contributed by atoms with Crippen LogP contribution in [0.1, 0.15) is 36.1 Å². The lowest BCUT2D eigenvalue weighted by molar-refractivity contribution is -0.148. The predicted octanol–water partition coefficient (Wildman–Crippen LogP) is 1.89. The first-order chi connectivity index (χ1) is 9.41. The number of aromatic nitrogens is 1. The molecule has 1 fully saturated rings. The van der Waals surface area contributed by atoms with Crippen molar-refractivity contribution >= 4 is 23.3 Å². The van der Waals surface area contributed by atoms with Crippen LogP contribution in [0.2, 0.25) is 0 Å². The molecule has 0 aliphatic heterocycles. The molecule has 0 radical (unpaired) electrons. The lowest BCUT2D eigenvalue weighted by Crippen LogP contribution is -2.50. The molecule has 3 N–H and O–H groups in total. The van der Waals surface area contributed by atoms with Gasteiger partial charge >= 0.3 is 12.0 Å². The van der Waals surface area contributed by atoms with Crippen molar-refractivity contribution < 1.29 is 14.7 Å². The Morgan fingerprint density at radius 2 is 2.35 bits per heavy atom. The molecular weight excluding hydrogens is 278 g/mol. The molecule has 1 aliphatic rings.